The molecule has 0 saturated carbocycles. The molecule has 98 valence electrons. The van der Waals surface area contributed by atoms with Crippen LogP contribution in [0.15, 0.2) is 42.7 Å². The standard InChI is InChI=1S/C15H17N3S/c1-2-16-10-15-13(11-18-9-5-8-17-18)12-6-3-4-7-14(12)19-15/h3-9,16H,2,10-11H2,1H3. The van der Waals surface area contributed by atoms with E-state index in [1.165, 1.54) is 20.5 Å². The molecule has 0 amide bonds. The Morgan fingerprint density at radius 2 is 2.16 bits per heavy atom. The zero-order chi connectivity index (χ0) is 13.1. The van der Waals surface area contributed by atoms with E-state index >= 15 is 0 Å². The number of nitrogens with one attached hydrogen (secondary N) is 1. The molecule has 1 N–H and O–H groups in total. The summed E-state index contributed by atoms with van der Waals surface area (Å²) < 4.78 is 3.35. The van der Waals surface area contributed by atoms with E-state index in [1.54, 1.807) is 0 Å². The van der Waals surface area contributed by atoms with Crippen LogP contribution >= 0.6 is 11.3 Å². The molecule has 0 radical (unpaired) electrons. The van der Waals surface area contributed by atoms with Crippen molar-refractivity contribution in [3.05, 3.63) is 53.2 Å². The number of hydrogen-bond donors (Lipinski definition) is 1. The van der Waals surface area contributed by atoms with Crippen LogP contribution in [0.5, 0.6) is 0 Å². The van der Waals surface area contributed by atoms with Gasteiger partial charge in [-0.1, -0.05) is 25.1 Å². The summed E-state index contributed by atoms with van der Waals surface area (Å²) in [5, 5.41) is 9.10. The normalized spacial score (nSPS) is 11.2. The first kappa shape index (κ1) is 12.4. The van der Waals surface area contributed by atoms with Crippen LogP contribution in [0.1, 0.15) is 17.4 Å². The molecule has 0 aliphatic rings. The van der Waals surface area contributed by atoms with Crippen molar-refractivity contribution in [1.82, 2.24) is 15.1 Å². The molecule has 3 aromatic rings. The summed E-state index contributed by atoms with van der Waals surface area (Å²) in [5.41, 5.74) is 1.39. The van der Waals surface area contributed by atoms with Gasteiger partial charge >= 0.3 is 0 Å². The molecular weight excluding hydrogens is 254 g/mol. The number of rotatable bonds is 5. The molecule has 3 nitrogen and oxygen atoms in total. The van der Waals surface area contributed by atoms with E-state index in [2.05, 4.69) is 41.6 Å². The van der Waals surface area contributed by atoms with Crippen molar-refractivity contribution in [2.45, 2.75) is 20.0 Å². The summed E-state index contributed by atoms with van der Waals surface area (Å²) in [4.78, 5) is 1.42. The molecule has 0 aliphatic carbocycles. The molecule has 0 fully saturated rings. The predicted molar refractivity (Wildman–Crippen MR) is 80.5 cm³/mol. The van der Waals surface area contributed by atoms with Gasteiger partial charge in [0.1, 0.15) is 0 Å². The Morgan fingerprint density at radius 1 is 1.26 bits per heavy atom. The summed E-state index contributed by atoms with van der Waals surface area (Å²) in [6, 6.07) is 10.6. The first-order valence-corrected chi connectivity index (χ1v) is 7.37. The first-order chi connectivity index (χ1) is 9.38. The largest absolute Gasteiger partial charge is 0.312 e. The lowest BCUT2D eigenvalue weighted by Gasteiger charge is -2.05. The molecule has 0 unspecified atom stereocenters. The number of thiophene rings is 1. The van der Waals surface area contributed by atoms with E-state index in [-0.39, 0.29) is 0 Å². The van der Waals surface area contributed by atoms with Crippen molar-refractivity contribution in [3.8, 4) is 0 Å². The molecule has 19 heavy (non-hydrogen) atoms. The van der Waals surface area contributed by atoms with Gasteiger partial charge in [0, 0.05) is 28.5 Å². The van der Waals surface area contributed by atoms with Crippen LogP contribution in [0.25, 0.3) is 10.1 Å². The van der Waals surface area contributed by atoms with Crippen LogP contribution in [-0.4, -0.2) is 16.3 Å². The third-order valence-corrected chi connectivity index (χ3v) is 4.41. The number of nitrogens with zero attached hydrogens (tertiary/aromatic N) is 2. The zero-order valence-corrected chi connectivity index (χ0v) is 11.8. The van der Waals surface area contributed by atoms with Crippen molar-refractivity contribution in [2.75, 3.05) is 6.54 Å². The molecule has 0 bridgehead atoms. The number of fused-ring (bicyclic) bond motifs is 1. The number of benzene rings is 1. The Kier molecular flexibility index (Phi) is 3.62. The minimum Gasteiger partial charge on any atom is -0.312 e. The van der Waals surface area contributed by atoms with E-state index < -0.39 is 0 Å². The number of hydrogen-bond acceptors (Lipinski definition) is 3. The second-order valence-corrected chi connectivity index (χ2v) is 5.62. The second-order valence-electron chi connectivity index (χ2n) is 4.48. The SMILES string of the molecule is CCNCc1sc2ccccc2c1Cn1cccn1. The smallest absolute Gasteiger partial charge is 0.0676 e. The first-order valence-electron chi connectivity index (χ1n) is 6.56. The molecule has 0 aliphatic heterocycles. The summed E-state index contributed by atoms with van der Waals surface area (Å²) in [6.07, 6.45) is 3.85. The molecule has 0 spiro atoms. The quantitative estimate of drug-likeness (QED) is 0.772. The van der Waals surface area contributed by atoms with Gasteiger partial charge in [-0.3, -0.25) is 4.68 Å². The third-order valence-electron chi connectivity index (χ3n) is 3.20. The Balaban J connectivity index is 2.02. The fourth-order valence-electron chi connectivity index (χ4n) is 2.26. The molecular formula is C15H17N3S. The van der Waals surface area contributed by atoms with Crippen LogP contribution in [0.3, 0.4) is 0 Å². The molecule has 0 atom stereocenters. The van der Waals surface area contributed by atoms with Gasteiger partial charge in [-0.2, -0.15) is 5.10 Å². The maximum atomic E-state index is 4.32. The monoisotopic (exact) mass is 271 g/mol. The van der Waals surface area contributed by atoms with E-state index in [0.29, 0.717) is 0 Å². The third kappa shape index (κ3) is 2.55. The van der Waals surface area contributed by atoms with Crippen molar-refractivity contribution in [2.24, 2.45) is 0 Å². The van der Waals surface area contributed by atoms with Gasteiger partial charge in [0.25, 0.3) is 0 Å². The minimum atomic E-state index is 0.845. The summed E-state index contributed by atoms with van der Waals surface area (Å²) in [5.74, 6) is 0. The van der Waals surface area contributed by atoms with Gasteiger partial charge in [0.2, 0.25) is 0 Å². The van der Waals surface area contributed by atoms with Crippen LogP contribution < -0.4 is 5.32 Å². The zero-order valence-electron chi connectivity index (χ0n) is 11.0. The van der Waals surface area contributed by atoms with Gasteiger partial charge in [-0.15, -0.1) is 11.3 Å². The highest BCUT2D eigenvalue weighted by atomic mass is 32.1. The van der Waals surface area contributed by atoms with Crippen LogP contribution in [-0.2, 0) is 13.1 Å². The highest BCUT2D eigenvalue weighted by Gasteiger charge is 2.11. The summed E-state index contributed by atoms with van der Waals surface area (Å²) in [7, 11) is 0. The maximum absolute atomic E-state index is 4.32. The van der Waals surface area contributed by atoms with E-state index in [9.17, 15) is 0 Å². The lowest BCUT2D eigenvalue weighted by atomic mass is 10.1. The van der Waals surface area contributed by atoms with Gasteiger partial charge in [0.15, 0.2) is 0 Å². The molecule has 0 saturated heterocycles. The van der Waals surface area contributed by atoms with Crippen LogP contribution in [0.2, 0.25) is 0 Å². The van der Waals surface area contributed by atoms with Crippen molar-refractivity contribution < 1.29 is 0 Å². The molecule has 1 aromatic carbocycles. The number of aromatic nitrogens is 2. The van der Waals surface area contributed by atoms with E-state index in [4.69, 9.17) is 0 Å². The van der Waals surface area contributed by atoms with Crippen LogP contribution in [0, 0.1) is 0 Å². The predicted octanol–water partition coefficient (Wildman–Crippen LogP) is 3.26. The Bertz CT molecular complexity index is 655. The van der Waals surface area contributed by atoms with Gasteiger partial charge in [-0.05, 0) is 29.6 Å². The molecule has 4 heteroatoms. The van der Waals surface area contributed by atoms with Gasteiger partial charge in [0.05, 0.1) is 6.54 Å². The van der Waals surface area contributed by atoms with E-state index in [1.807, 2.05) is 34.5 Å². The maximum Gasteiger partial charge on any atom is 0.0676 e. The Morgan fingerprint density at radius 3 is 2.95 bits per heavy atom. The minimum absolute atomic E-state index is 0.845. The van der Waals surface area contributed by atoms with Crippen LogP contribution in [0.4, 0.5) is 0 Å². The highest BCUT2D eigenvalue weighted by Crippen LogP contribution is 2.31. The van der Waals surface area contributed by atoms with Gasteiger partial charge < -0.3 is 5.32 Å². The molecule has 2 heterocycles. The fraction of sp³-hybridized carbons (Fsp3) is 0.267. The van der Waals surface area contributed by atoms with Gasteiger partial charge in [-0.25, -0.2) is 0 Å². The topological polar surface area (TPSA) is 29.9 Å². The van der Waals surface area contributed by atoms with Crippen molar-refractivity contribution >= 4 is 21.4 Å². The average molecular weight is 271 g/mol. The van der Waals surface area contributed by atoms with Crippen molar-refractivity contribution in [1.29, 1.82) is 0 Å². The van der Waals surface area contributed by atoms with Crippen molar-refractivity contribution in [3.63, 3.8) is 0 Å². The van der Waals surface area contributed by atoms with E-state index in [0.717, 1.165) is 19.6 Å². The Hall–Kier alpha value is -1.65. The second kappa shape index (κ2) is 5.55. The molecule has 3 rings (SSSR count). The lowest BCUT2D eigenvalue weighted by Crippen LogP contribution is -2.12. The summed E-state index contributed by atoms with van der Waals surface area (Å²) in [6.45, 7) is 4.92. The molecule has 2 aromatic heterocycles. The average Bonchev–Trinajstić information content (AvgIpc) is 3.06. The Labute approximate surface area is 116 Å². The summed E-state index contributed by atoms with van der Waals surface area (Å²) >= 11 is 1.88. The lowest BCUT2D eigenvalue weighted by molar-refractivity contribution is 0.675. The highest BCUT2D eigenvalue weighted by molar-refractivity contribution is 7.19. The fourth-order valence-corrected chi connectivity index (χ4v) is 3.45.